The molecule has 0 N–H and O–H groups in total. The molecule has 0 amide bonds. The molecule has 0 aliphatic rings. The van der Waals surface area contributed by atoms with Gasteiger partial charge in [-0.15, -0.1) is 0 Å². The number of nitrogens with zero attached hydrogens (tertiary/aromatic N) is 2. The topological polar surface area (TPSA) is 0 Å². The molecular formula is C24H36BrClN2. The van der Waals surface area contributed by atoms with Gasteiger partial charge in [0.25, 0.3) is 0 Å². The minimum Gasteiger partial charge on any atom is -1.00 e. The second-order valence-corrected chi connectivity index (χ2v) is 8.10. The maximum atomic E-state index is 3.77. The van der Waals surface area contributed by atoms with Gasteiger partial charge in [0, 0.05) is 11.1 Å². The highest BCUT2D eigenvalue weighted by Crippen LogP contribution is 2.09. The maximum Gasteiger partial charge on any atom is 0.104 e. The molecule has 0 saturated heterocycles. The lowest BCUT2D eigenvalue weighted by molar-refractivity contribution is -0.897. The van der Waals surface area contributed by atoms with Crippen LogP contribution in [0.1, 0.15) is 11.1 Å². The number of hydrogen-bond acceptors (Lipinski definition) is 0. The summed E-state index contributed by atoms with van der Waals surface area (Å²) < 4.78 is 1.93. The van der Waals surface area contributed by atoms with E-state index >= 15 is 0 Å². The van der Waals surface area contributed by atoms with Crippen LogP contribution in [0.4, 0.5) is 0 Å². The van der Waals surface area contributed by atoms with Gasteiger partial charge in [-0.1, -0.05) is 73.8 Å². The smallest absolute Gasteiger partial charge is 0.104 e. The summed E-state index contributed by atoms with van der Waals surface area (Å²) in [5.41, 5.74) is 2.77. The van der Waals surface area contributed by atoms with Gasteiger partial charge in [-0.2, -0.15) is 0 Å². The summed E-state index contributed by atoms with van der Waals surface area (Å²) in [5.74, 6) is 0. The Hall–Kier alpha value is -1.39. The van der Waals surface area contributed by atoms with Crippen molar-refractivity contribution >= 4 is 0 Å². The van der Waals surface area contributed by atoms with Crippen LogP contribution < -0.4 is 29.4 Å². The molecule has 0 atom stereocenters. The summed E-state index contributed by atoms with van der Waals surface area (Å²) >= 11 is 0. The summed E-state index contributed by atoms with van der Waals surface area (Å²) in [6.45, 7) is 11.7. The zero-order chi connectivity index (χ0) is 19.5. The van der Waals surface area contributed by atoms with Crippen LogP contribution >= 0.6 is 0 Å². The molecule has 0 saturated carbocycles. The Balaban J connectivity index is 0. The normalized spacial score (nSPS) is 10.4. The highest BCUT2D eigenvalue weighted by atomic mass is 79.9. The number of quaternary nitrogens is 2. The molecule has 2 aromatic carbocycles. The SMILES string of the molecule is C=CC[N+](C)(C)Cc1ccccc1.C=CC[N+](C)(C)Cc1ccccc1.[Br-].[Cl-]. The standard InChI is InChI=1S/2C12H18N.BrH.ClH/c2*1-4-10-13(2,3)11-12-8-6-5-7-9-12;;/h2*4-9H,1,10-11H2,2-3H3;2*1H/q2*+1;;/p-2. The summed E-state index contributed by atoms with van der Waals surface area (Å²) in [5, 5.41) is 0. The zero-order valence-electron chi connectivity index (χ0n) is 17.8. The molecule has 2 rings (SSSR count). The van der Waals surface area contributed by atoms with Gasteiger partial charge in [-0.25, -0.2) is 0 Å². The summed E-state index contributed by atoms with van der Waals surface area (Å²) in [6, 6.07) is 21.1. The quantitative estimate of drug-likeness (QED) is 0.342. The molecule has 4 heteroatoms. The molecule has 2 aromatic rings. The van der Waals surface area contributed by atoms with E-state index in [1.807, 2.05) is 12.2 Å². The molecule has 0 aliphatic heterocycles. The first-order chi connectivity index (χ1) is 12.3. The van der Waals surface area contributed by atoms with E-state index < -0.39 is 0 Å². The van der Waals surface area contributed by atoms with Crippen molar-refractivity contribution in [2.24, 2.45) is 0 Å². The van der Waals surface area contributed by atoms with Gasteiger partial charge >= 0.3 is 0 Å². The molecule has 0 aliphatic carbocycles. The second-order valence-electron chi connectivity index (χ2n) is 8.10. The third-order valence-corrected chi connectivity index (χ3v) is 4.15. The Labute approximate surface area is 189 Å². The summed E-state index contributed by atoms with van der Waals surface area (Å²) in [7, 11) is 8.87. The summed E-state index contributed by atoms with van der Waals surface area (Å²) in [4.78, 5) is 0. The lowest BCUT2D eigenvalue weighted by Gasteiger charge is -2.28. The first-order valence-corrected chi connectivity index (χ1v) is 9.22. The van der Waals surface area contributed by atoms with Crippen molar-refractivity contribution in [3.05, 3.63) is 97.1 Å². The lowest BCUT2D eigenvalue weighted by Crippen LogP contribution is -3.00. The van der Waals surface area contributed by atoms with Gasteiger partial charge in [0.15, 0.2) is 0 Å². The second kappa shape index (κ2) is 14.6. The highest BCUT2D eigenvalue weighted by Gasteiger charge is 2.13. The van der Waals surface area contributed by atoms with Gasteiger partial charge in [-0.05, 0) is 12.2 Å². The van der Waals surface area contributed by atoms with Crippen LogP contribution in [0.15, 0.2) is 86.0 Å². The summed E-state index contributed by atoms with van der Waals surface area (Å²) in [6.07, 6.45) is 3.95. The lowest BCUT2D eigenvalue weighted by atomic mass is 10.2. The van der Waals surface area contributed by atoms with Crippen molar-refractivity contribution in [1.82, 2.24) is 0 Å². The Kier molecular flexibility index (Phi) is 15.0. The van der Waals surface area contributed by atoms with Crippen molar-refractivity contribution in [3.8, 4) is 0 Å². The monoisotopic (exact) mass is 466 g/mol. The first kappa shape index (κ1) is 28.8. The number of likely N-dealkylation sites (N-methyl/N-ethyl adjacent to an activating group) is 2. The van der Waals surface area contributed by atoms with E-state index in [0.29, 0.717) is 0 Å². The van der Waals surface area contributed by atoms with Crippen LogP contribution in [0.25, 0.3) is 0 Å². The fourth-order valence-electron chi connectivity index (χ4n) is 2.98. The van der Waals surface area contributed by atoms with E-state index in [1.165, 1.54) is 11.1 Å². The van der Waals surface area contributed by atoms with Gasteiger partial charge in [0.05, 0.1) is 41.3 Å². The van der Waals surface area contributed by atoms with Crippen molar-refractivity contribution < 1.29 is 38.4 Å². The average molecular weight is 468 g/mol. The van der Waals surface area contributed by atoms with Gasteiger partial charge in [0.2, 0.25) is 0 Å². The molecule has 0 bridgehead atoms. The minimum atomic E-state index is 0. The van der Waals surface area contributed by atoms with Crippen molar-refractivity contribution in [3.63, 3.8) is 0 Å². The van der Waals surface area contributed by atoms with Crippen molar-refractivity contribution in [1.29, 1.82) is 0 Å². The third kappa shape index (κ3) is 12.9. The molecule has 2 nitrogen and oxygen atoms in total. The van der Waals surface area contributed by atoms with Gasteiger partial charge in [-0.3, -0.25) is 0 Å². The van der Waals surface area contributed by atoms with Crippen LogP contribution in [0.3, 0.4) is 0 Å². The van der Waals surface area contributed by atoms with Crippen LogP contribution in [-0.4, -0.2) is 50.2 Å². The maximum absolute atomic E-state index is 3.77. The number of hydrogen-bond donors (Lipinski definition) is 0. The van der Waals surface area contributed by atoms with E-state index in [-0.39, 0.29) is 29.4 Å². The molecule has 156 valence electrons. The number of rotatable bonds is 8. The van der Waals surface area contributed by atoms with Crippen LogP contribution in [0.2, 0.25) is 0 Å². The first-order valence-electron chi connectivity index (χ1n) is 9.22. The fraction of sp³-hybridized carbons (Fsp3) is 0.333. The van der Waals surface area contributed by atoms with Gasteiger partial charge in [0.1, 0.15) is 13.1 Å². The Bertz CT molecular complexity index is 595. The Morgan fingerprint density at radius 2 is 0.929 bits per heavy atom. The molecule has 0 fully saturated rings. The average Bonchev–Trinajstić information content (AvgIpc) is 2.56. The molecule has 0 radical (unpaired) electrons. The molecule has 0 unspecified atom stereocenters. The Morgan fingerprint density at radius 3 is 1.18 bits per heavy atom. The van der Waals surface area contributed by atoms with E-state index in [9.17, 15) is 0 Å². The Morgan fingerprint density at radius 1 is 0.643 bits per heavy atom. The van der Waals surface area contributed by atoms with Crippen LogP contribution in [0, 0.1) is 0 Å². The van der Waals surface area contributed by atoms with Crippen LogP contribution in [0.5, 0.6) is 0 Å². The highest BCUT2D eigenvalue weighted by molar-refractivity contribution is 5.14. The van der Waals surface area contributed by atoms with Crippen molar-refractivity contribution in [2.75, 3.05) is 41.3 Å². The zero-order valence-corrected chi connectivity index (χ0v) is 20.2. The molecule has 0 heterocycles. The molecule has 0 aromatic heterocycles. The molecular weight excluding hydrogens is 432 g/mol. The van der Waals surface area contributed by atoms with Crippen molar-refractivity contribution in [2.45, 2.75) is 13.1 Å². The number of halogens is 2. The predicted octanol–water partition coefficient (Wildman–Crippen LogP) is -1.09. The number of benzene rings is 2. The van der Waals surface area contributed by atoms with E-state index in [2.05, 4.69) is 102 Å². The van der Waals surface area contributed by atoms with E-state index in [1.54, 1.807) is 0 Å². The third-order valence-electron chi connectivity index (χ3n) is 4.15. The predicted molar refractivity (Wildman–Crippen MR) is 115 cm³/mol. The molecule has 0 spiro atoms. The van der Waals surface area contributed by atoms with E-state index in [0.717, 1.165) is 35.1 Å². The fourth-order valence-corrected chi connectivity index (χ4v) is 2.98. The van der Waals surface area contributed by atoms with Crippen LogP contribution in [-0.2, 0) is 13.1 Å². The molecule has 28 heavy (non-hydrogen) atoms. The van der Waals surface area contributed by atoms with Gasteiger partial charge < -0.3 is 38.4 Å². The largest absolute Gasteiger partial charge is 1.00 e. The van der Waals surface area contributed by atoms with E-state index in [4.69, 9.17) is 0 Å². The minimum absolute atomic E-state index is 0.